The highest BCUT2D eigenvalue weighted by Crippen LogP contribution is 2.34. The van der Waals surface area contributed by atoms with Crippen LogP contribution in [-0.2, 0) is 12.7 Å². The minimum atomic E-state index is -4.49. The molecule has 1 aliphatic rings. The number of hydrogen-bond donors (Lipinski definition) is 0. The molecule has 0 radical (unpaired) electrons. The fourth-order valence-corrected chi connectivity index (χ4v) is 4.57. The van der Waals surface area contributed by atoms with Gasteiger partial charge in [0.15, 0.2) is 0 Å². The van der Waals surface area contributed by atoms with Gasteiger partial charge in [0.05, 0.1) is 34.6 Å². The number of nitrogens with zero attached hydrogens (tertiary/aromatic N) is 5. The van der Waals surface area contributed by atoms with Crippen molar-refractivity contribution in [3.8, 4) is 5.69 Å². The number of anilines is 1. The van der Waals surface area contributed by atoms with Crippen molar-refractivity contribution in [3.63, 3.8) is 0 Å². The minimum absolute atomic E-state index is 0.0221. The van der Waals surface area contributed by atoms with Crippen LogP contribution < -0.4 is 10.6 Å². The molecule has 12 heteroatoms. The normalized spacial score (nSPS) is 13.4. The van der Waals surface area contributed by atoms with Crippen molar-refractivity contribution in [3.05, 3.63) is 103 Å². The van der Waals surface area contributed by atoms with Gasteiger partial charge in [-0.25, -0.2) is 9.69 Å². The molecule has 36 heavy (non-hydrogen) atoms. The SMILES string of the molecule is Cc1cc(Cn2nnn(-c3ccc(C(F)(F)F)cc3)c2=O)ccc1N1C(=O)c2cccc(Br)c2C1=O. The molecule has 4 aromatic rings. The Bertz CT molecular complexity index is 1590. The third kappa shape index (κ3) is 3.92. The number of carbonyl (C=O) groups excluding carboxylic acids is 2. The van der Waals surface area contributed by atoms with Gasteiger partial charge in [0.1, 0.15) is 0 Å². The van der Waals surface area contributed by atoms with Crippen molar-refractivity contribution in [1.82, 2.24) is 19.8 Å². The molecule has 0 spiro atoms. The molecule has 8 nitrogen and oxygen atoms in total. The number of amides is 2. The number of halogens is 4. The van der Waals surface area contributed by atoms with Crippen molar-refractivity contribution >= 4 is 33.4 Å². The van der Waals surface area contributed by atoms with Crippen LogP contribution >= 0.6 is 15.9 Å². The zero-order valence-corrected chi connectivity index (χ0v) is 20.0. The van der Waals surface area contributed by atoms with Crippen LogP contribution in [0.3, 0.4) is 0 Å². The Labute approximate surface area is 209 Å². The topological polar surface area (TPSA) is 90.1 Å². The summed E-state index contributed by atoms with van der Waals surface area (Å²) < 4.78 is 40.9. The highest BCUT2D eigenvalue weighted by molar-refractivity contribution is 9.10. The quantitative estimate of drug-likeness (QED) is 0.347. The number of benzene rings is 3. The average molecular weight is 558 g/mol. The van der Waals surface area contributed by atoms with E-state index in [0.717, 1.165) is 38.5 Å². The summed E-state index contributed by atoms with van der Waals surface area (Å²) in [6.07, 6.45) is -4.49. The van der Waals surface area contributed by atoms with Crippen molar-refractivity contribution in [2.75, 3.05) is 4.90 Å². The molecule has 1 aromatic heterocycles. The molecule has 2 amide bonds. The van der Waals surface area contributed by atoms with Crippen LogP contribution in [0.1, 0.15) is 37.4 Å². The predicted molar refractivity (Wildman–Crippen MR) is 126 cm³/mol. The van der Waals surface area contributed by atoms with Gasteiger partial charge in [-0.1, -0.05) is 18.2 Å². The van der Waals surface area contributed by atoms with E-state index in [2.05, 4.69) is 26.4 Å². The third-order valence-corrected chi connectivity index (χ3v) is 6.44. The minimum Gasteiger partial charge on any atom is -0.268 e. The number of imide groups is 1. The monoisotopic (exact) mass is 557 g/mol. The van der Waals surface area contributed by atoms with E-state index in [1.807, 2.05) is 0 Å². The van der Waals surface area contributed by atoms with E-state index in [0.29, 0.717) is 32.4 Å². The van der Waals surface area contributed by atoms with Gasteiger partial charge >= 0.3 is 11.9 Å². The van der Waals surface area contributed by atoms with Crippen molar-refractivity contribution in [2.45, 2.75) is 19.6 Å². The molecule has 0 atom stereocenters. The smallest absolute Gasteiger partial charge is 0.268 e. The highest BCUT2D eigenvalue weighted by Gasteiger charge is 2.38. The molecule has 0 saturated carbocycles. The van der Waals surface area contributed by atoms with Crippen LogP contribution in [0, 0.1) is 6.92 Å². The van der Waals surface area contributed by atoms with Crippen LogP contribution in [0.5, 0.6) is 0 Å². The van der Waals surface area contributed by atoms with Gasteiger partial charge in [-0.15, -0.1) is 0 Å². The van der Waals surface area contributed by atoms with Crippen LogP contribution in [0.2, 0.25) is 0 Å². The van der Waals surface area contributed by atoms with Crippen LogP contribution in [-0.4, -0.2) is 31.6 Å². The summed E-state index contributed by atoms with van der Waals surface area (Å²) in [6, 6.07) is 14.0. The van der Waals surface area contributed by atoms with E-state index in [-0.39, 0.29) is 12.2 Å². The molecule has 0 unspecified atom stereocenters. The van der Waals surface area contributed by atoms with E-state index in [4.69, 9.17) is 0 Å². The Kier molecular flexibility index (Phi) is 5.62. The van der Waals surface area contributed by atoms with Gasteiger partial charge < -0.3 is 0 Å². The number of aryl methyl sites for hydroxylation is 1. The predicted octanol–water partition coefficient (Wildman–Crippen LogP) is 4.37. The molecule has 0 N–H and O–H groups in total. The molecule has 2 heterocycles. The number of tetrazole rings is 1. The fraction of sp³-hybridized carbons (Fsp3) is 0.125. The number of hydrogen-bond acceptors (Lipinski definition) is 5. The summed E-state index contributed by atoms with van der Waals surface area (Å²) in [5, 5.41) is 7.58. The molecule has 182 valence electrons. The first kappa shape index (κ1) is 23.7. The largest absolute Gasteiger partial charge is 0.416 e. The zero-order chi connectivity index (χ0) is 25.8. The first-order chi connectivity index (χ1) is 17.1. The molecule has 1 aliphatic heterocycles. The van der Waals surface area contributed by atoms with Crippen LogP contribution in [0.15, 0.2) is 69.9 Å². The van der Waals surface area contributed by atoms with Crippen LogP contribution in [0.4, 0.5) is 18.9 Å². The van der Waals surface area contributed by atoms with E-state index in [1.165, 1.54) is 0 Å². The summed E-state index contributed by atoms with van der Waals surface area (Å²) in [7, 11) is 0. The lowest BCUT2D eigenvalue weighted by molar-refractivity contribution is -0.137. The van der Waals surface area contributed by atoms with Gasteiger partial charge in [0.25, 0.3) is 11.8 Å². The average Bonchev–Trinajstić information content (AvgIpc) is 3.31. The molecule has 5 rings (SSSR count). The van der Waals surface area contributed by atoms with Gasteiger partial charge in [-0.05, 0) is 86.9 Å². The second kappa shape index (κ2) is 8.55. The summed E-state index contributed by atoms with van der Waals surface area (Å²) >= 11 is 3.32. The maximum Gasteiger partial charge on any atom is 0.416 e. The first-order valence-electron chi connectivity index (χ1n) is 10.5. The van der Waals surface area contributed by atoms with E-state index in [9.17, 15) is 27.6 Å². The highest BCUT2D eigenvalue weighted by atomic mass is 79.9. The molecule has 0 bridgehead atoms. The molecule has 0 aliphatic carbocycles. The lowest BCUT2D eigenvalue weighted by atomic mass is 10.1. The summed E-state index contributed by atoms with van der Waals surface area (Å²) in [5.74, 6) is -0.864. The zero-order valence-electron chi connectivity index (χ0n) is 18.5. The van der Waals surface area contributed by atoms with E-state index >= 15 is 0 Å². The second-order valence-electron chi connectivity index (χ2n) is 8.10. The Morgan fingerprint density at radius 2 is 1.64 bits per heavy atom. The summed E-state index contributed by atoms with van der Waals surface area (Å²) in [6.45, 7) is 1.76. The molecular weight excluding hydrogens is 543 g/mol. The maximum absolute atomic E-state index is 13.0. The van der Waals surface area contributed by atoms with E-state index in [1.54, 1.807) is 43.3 Å². The lowest BCUT2D eigenvalue weighted by Crippen LogP contribution is -2.30. The number of rotatable bonds is 4. The van der Waals surface area contributed by atoms with Crippen LogP contribution in [0.25, 0.3) is 5.69 Å². The molecular formula is C24H15BrF3N5O3. The third-order valence-electron chi connectivity index (χ3n) is 5.78. The van der Waals surface area contributed by atoms with Crippen molar-refractivity contribution in [2.24, 2.45) is 0 Å². The Morgan fingerprint density at radius 1 is 0.917 bits per heavy atom. The molecule has 0 fully saturated rings. The van der Waals surface area contributed by atoms with Gasteiger partial charge in [0.2, 0.25) is 0 Å². The van der Waals surface area contributed by atoms with Crippen molar-refractivity contribution in [1.29, 1.82) is 0 Å². The van der Waals surface area contributed by atoms with Crippen molar-refractivity contribution < 1.29 is 22.8 Å². The van der Waals surface area contributed by atoms with Gasteiger partial charge in [-0.2, -0.15) is 22.5 Å². The first-order valence-corrected chi connectivity index (χ1v) is 11.3. The Hall–Kier alpha value is -4.06. The second-order valence-corrected chi connectivity index (χ2v) is 8.96. The summed E-state index contributed by atoms with van der Waals surface area (Å²) in [5.41, 5.74) is 0.966. The Morgan fingerprint density at radius 3 is 2.28 bits per heavy atom. The van der Waals surface area contributed by atoms with E-state index < -0.39 is 29.2 Å². The number of carbonyl (C=O) groups is 2. The molecule has 3 aromatic carbocycles. The Balaban J connectivity index is 1.39. The number of fused-ring (bicyclic) bond motifs is 1. The lowest BCUT2D eigenvalue weighted by Gasteiger charge is -2.17. The number of aromatic nitrogens is 4. The van der Waals surface area contributed by atoms with Gasteiger partial charge in [-0.3, -0.25) is 9.59 Å². The summed E-state index contributed by atoms with van der Waals surface area (Å²) in [4.78, 5) is 39.7. The number of alkyl halides is 3. The van der Waals surface area contributed by atoms with Gasteiger partial charge in [0, 0.05) is 4.47 Å². The maximum atomic E-state index is 13.0. The standard InChI is InChI=1S/C24H15BrF3N5O3/c1-13-11-14(5-10-19(13)32-21(34)17-3-2-4-18(25)20(17)22(32)35)12-31-23(36)33(30-29-31)16-8-6-15(7-9-16)24(26,27)28/h2-11H,12H2,1H3. The fourth-order valence-electron chi connectivity index (χ4n) is 4.03. The molecule has 0 saturated heterocycles.